The molecule has 0 aromatic carbocycles. The molecule has 2 rings (SSSR count). The maximum atomic E-state index is 4.43. The fraction of sp³-hybridized carbons (Fsp3) is 0.667. The van der Waals surface area contributed by atoms with Crippen molar-refractivity contribution in [2.45, 2.75) is 39.2 Å². The van der Waals surface area contributed by atoms with Crippen LogP contribution in [0.15, 0.2) is 0 Å². The van der Waals surface area contributed by atoms with Gasteiger partial charge in [0.25, 0.3) is 0 Å². The van der Waals surface area contributed by atoms with Crippen molar-refractivity contribution < 1.29 is 0 Å². The molecule has 0 spiro atoms. The number of nitrogens with zero attached hydrogens (tertiary/aromatic N) is 2. The lowest BCUT2D eigenvalue weighted by molar-refractivity contribution is 0.483. The van der Waals surface area contributed by atoms with Gasteiger partial charge in [-0.1, -0.05) is 6.92 Å². The second-order valence-electron chi connectivity index (χ2n) is 3.05. The Bertz CT molecular complexity index is 227. The molecular weight excluding hydrogens is 136 g/mol. The van der Waals surface area contributed by atoms with E-state index in [9.17, 15) is 0 Å². The van der Waals surface area contributed by atoms with Gasteiger partial charge in [0, 0.05) is 18.3 Å². The lowest BCUT2D eigenvalue weighted by atomic mass is 10.1. The van der Waals surface area contributed by atoms with Crippen LogP contribution in [0.3, 0.4) is 0 Å². The van der Waals surface area contributed by atoms with Crippen molar-refractivity contribution in [2.24, 2.45) is 0 Å². The molecule has 0 aliphatic carbocycles. The topological polar surface area (TPSA) is 17.8 Å². The summed E-state index contributed by atoms with van der Waals surface area (Å²) in [6, 6.07) is 3.34. The Labute approximate surface area is 67.2 Å². The van der Waals surface area contributed by atoms with Crippen LogP contribution in [0.4, 0.5) is 0 Å². The van der Waals surface area contributed by atoms with Crippen molar-refractivity contribution in [3.8, 4) is 0 Å². The minimum Gasteiger partial charge on any atom is -0.269 e. The van der Waals surface area contributed by atoms with Crippen molar-refractivity contribution >= 4 is 0 Å². The van der Waals surface area contributed by atoms with Gasteiger partial charge in [0.05, 0.1) is 5.69 Å². The molecule has 0 saturated heterocycles. The van der Waals surface area contributed by atoms with E-state index in [0.29, 0.717) is 0 Å². The molecule has 0 saturated carbocycles. The van der Waals surface area contributed by atoms with Gasteiger partial charge in [-0.2, -0.15) is 5.10 Å². The summed E-state index contributed by atoms with van der Waals surface area (Å²) in [6.45, 7) is 3.23. The van der Waals surface area contributed by atoms with Gasteiger partial charge in [-0.25, -0.2) is 0 Å². The van der Waals surface area contributed by atoms with E-state index in [1.54, 1.807) is 0 Å². The third-order valence-electron chi connectivity index (χ3n) is 2.21. The van der Waals surface area contributed by atoms with Crippen molar-refractivity contribution in [1.29, 1.82) is 0 Å². The molecule has 0 bridgehead atoms. The number of rotatable bonds is 1. The van der Waals surface area contributed by atoms with Crippen LogP contribution in [0.1, 0.15) is 31.2 Å². The minimum absolute atomic E-state index is 1.01. The Morgan fingerprint density at radius 1 is 1.55 bits per heavy atom. The first kappa shape index (κ1) is 6.89. The van der Waals surface area contributed by atoms with Crippen LogP contribution in [0, 0.1) is 6.07 Å². The predicted molar refractivity (Wildman–Crippen MR) is 43.4 cm³/mol. The third kappa shape index (κ3) is 1.17. The number of aryl methyl sites for hydroxylation is 3. The van der Waals surface area contributed by atoms with Gasteiger partial charge in [0.15, 0.2) is 0 Å². The zero-order valence-corrected chi connectivity index (χ0v) is 6.93. The van der Waals surface area contributed by atoms with Gasteiger partial charge in [-0.15, -0.1) is 0 Å². The summed E-state index contributed by atoms with van der Waals surface area (Å²) in [5.41, 5.74) is 2.44. The van der Waals surface area contributed by atoms with Crippen molar-refractivity contribution in [2.75, 3.05) is 0 Å². The summed E-state index contributed by atoms with van der Waals surface area (Å²) in [7, 11) is 0. The Morgan fingerprint density at radius 2 is 2.45 bits per heavy atom. The molecule has 2 nitrogen and oxygen atoms in total. The normalized spacial score (nSPS) is 16.5. The molecule has 59 valence electrons. The lowest BCUT2D eigenvalue weighted by Gasteiger charge is -2.11. The third-order valence-corrected chi connectivity index (χ3v) is 2.21. The summed E-state index contributed by atoms with van der Waals surface area (Å²) in [6.07, 6.45) is 4.78. The van der Waals surface area contributed by atoms with E-state index < -0.39 is 0 Å². The van der Waals surface area contributed by atoms with Gasteiger partial charge in [0.2, 0.25) is 0 Å². The molecule has 1 radical (unpaired) electrons. The van der Waals surface area contributed by atoms with Gasteiger partial charge in [0.1, 0.15) is 0 Å². The molecule has 2 heteroatoms. The molecule has 1 aromatic heterocycles. The summed E-state index contributed by atoms with van der Waals surface area (Å²) in [4.78, 5) is 0. The Hall–Kier alpha value is -0.790. The maximum absolute atomic E-state index is 4.43. The molecule has 0 amide bonds. The first-order chi connectivity index (χ1) is 5.40. The summed E-state index contributed by atoms with van der Waals surface area (Å²) < 4.78 is 2.11. The highest BCUT2D eigenvalue weighted by molar-refractivity contribution is 5.09. The molecule has 2 heterocycles. The Balaban J connectivity index is 2.32. The molecular formula is C9H13N2. The van der Waals surface area contributed by atoms with Crippen LogP contribution in [0.5, 0.6) is 0 Å². The van der Waals surface area contributed by atoms with E-state index in [1.165, 1.54) is 25.0 Å². The summed E-state index contributed by atoms with van der Waals surface area (Å²) in [5.74, 6) is 0. The quantitative estimate of drug-likeness (QED) is 0.592. The first-order valence-corrected chi connectivity index (χ1v) is 4.38. The zero-order chi connectivity index (χ0) is 7.68. The number of hydrogen-bond acceptors (Lipinski definition) is 1. The van der Waals surface area contributed by atoms with E-state index in [0.717, 1.165) is 18.7 Å². The standard InChI is InChI=1S/C9H13N2/c1-2-8-7-9-5-3-4-6-11(9)10-8/h2-6H2,1H3. The van der Waals surface area contributed by atoms with Crippen LogP contribution in [0.25, 0.3) is 0 Å². The number of aromatic nitrogens is 2. The highest BCUT2D eigenvalue weighted by atomic mass is 15.3. The van der Waals surface area contributed by atoms with E-state index >= 15 is 0 Å². The number of fused-ring (bicyclic) bond motifs is 1. The molecule has 0 atom stereocenters. The molecule has 0 fully saturated rings. The average molecular weight is 149 g/mol. The van der Waals surface area contributed by atoms with Crippen molar-refractivity contribution in [1.82, 2.24) is 9.78 Å². The largest absolute Gasteiger partial charge is 0.269 e. The van der Waals surface area contributed by atoms with Gasteiger partial charge in [-0.05, 0) is 25.7 Å². The zero-order valence-electron chi connectivity index (χ0n) is 6.93. The monoisotopic (exact) mass is 149 g/mol. The number of hydrogen-bond donors (Lipinski definition) is 0. The molecule has 0 N–H and O–H groups in total. The molecule has 0 unspecified atom stereocenters. The van der Waals surface area contributed by atoms with E-state index in [-0.39, 0.29) is 0 Å². The minimum atomic E-state index is 1.01. The molecule has 1 aliphatic heterocycles. The Morgan fingerprint density at radius 3 is 3.18 bits per heavy atom. The van der Waals surface area contributed by atoms with Gasteiger partial charge < -0.3 is 0 Å². The molecule has 1 aliphatic rings. The van der Waals surface area contributed by atoms with Crippen molar-refractivity contribution in [3.05, 3.63) is 17.5 Å². The fourth-order valence-corrected chi connectivity index (χ4v) is 1.55. The average Bonchev–Trinajstić information content (AvgIpc) is 2.46. The van der Waals surface area contributed by atoms with Crippen molar-refractivity contribution in [3.63, 3.8) is 0 Å². The van der Waals surface area contributed by atoms with Crippen LogP contribution in [-0.4, -0.2) is 9.78 Å². The second kappa shape index (κ2) is 2.68. The van der Waals surface area contributed by atoms with Crippen LogP contribution >= 0.6 is 0 Å². The van der Waals surface area contributed by atoms with Crippen LogP contribution < -0.4 is 0 Å². The molecule has 11 heavy (non-hydrogen) atoms. The summed E-state index contributed by atoms with van der Waals surface area (Å²) in [5, 5.41) is 4.43. The van der Waals surface area contributed by atoms with E-state index in [1.807, 2.05) is 0 Å². The SMILES string of the molecule is CCc1[c]c2n(n1)CCCC2. The van der Waals surface area contributed by atoms with E-state index in [2.05, 4.69) is 22.8 Å². The highest BCUT2D eigenvalue weighted by Crippen LogP contribution is 2.14. The van der Waals surface area contributed by atoms with Crippen LogP contribution in [0.2, 0.25) is 0 Å². The predicted octanol–water partition coefficient (Wildman–Crippen LogP) is 1.58. The summed E-state index contributed by atoms with van der Waals surface area (Å²) >= 11 is 0. The second-order valence-corrected chi connectivity index (χ2v) is 3.05. The van der Waals surface area contributed by atoms with E-state index in [4.69, 9.17) is 0 Å². The fourth-order valence-electron chi connectivity index (χ4n) is 1.55. The highest BCUT2D eigenvalue weighted by Gasteiger charge is 2.10. The Kier molecular flexibility index (Phi) is 1.68. The lowest BCUT2D eigenvalue weighted by Crippen LogP contribution is -2.10. The maximum Gasteiger partial charge on any atom is 0.0704 e. The van der Waals surface area contributed by atoms with Crippen LogP contribution in [-0.2, 0) is 19.4 Å². The smallest absolute Gasteiger partial charge is 0.0704 e. The molecule has 1 aromatic rings. The first-order valence-electron chi connectivity index (χ1n) is 4.38. The van der Waals surface area contributed by atoms with Gasteiger partial charge in [-0.3, -0.25) is 4.68 Å². The van der Waals surface area contributed by atoms with Gasteiger partial charge >= 0.3 is 0 Å².